The van der Waals surface area contributed by atoms with Gasteiger partial charge in [0.1, 0.15) is 5.37 Å². The molecule has 8 rings (SSSR count). The van der Waals surface area contributed by atoms with Gasteiger partial charge in [-0.25, -0.2) is 18.4 Å². The fourth-order valence-corrected chi connectivity index (χ4v) is 5.42. The van der Waals surface area contributed by atoms with Crippen molar-refractivity contribution in [1.82, 2.24) is 30.1 Å². The zero-order valence-electron chi connectivity index (χ0n) is 19.9. The molecule has 0 saturated carbocycles. The van der Waals surface area contributed by atoms with E-state index in [-0.39, 0.29) is 0 Å². The number of nitrogens with one attached hydrogen (secondary N) is 2. The van der Waals surface area contributed by atoms with Crippen LogP contribution in [0.4, 0.5) is 11.6 Å². The highest BCUT2D eigenvalue weighted by molar-refractivity contribution is 7.91. The molecule has 9 nitrogen and oxygen atoms in total. The van der Waals surface area contributed by atoms with E-state index in [4.69, 9.17) is 0 Å². The van der Waals surface area contributed by atoms with E-state index in [1.54, 1.807) is 12.4 Å². The Balaban J connectivity index is 1.44. The van der Waals surface area contributed by atoms with Crippen molar-refractivity contribution in [2.45, 2.75) is 18.3 Å². The van der Waals surface area contributed by atoms with E-state index in [0.717, 1.165) is 61.9 Å². The quantitative estimate of drug-likeness (QED) is 0.526. The van der Waals surface area contributed by atoms with Gasteiger partial charge in [-0.3, -0.25) is 20.1 Å². The van der Waals surface area contributed by atoms with Crippen LogP contribution in [0.15, 0.2) is 54.9 Å². The second kappa shape index (κ2) is 10.4. The fraction of sp³-hybridized carbons (Fsp3) is 0.400. The van der Waals surface area contributed by atoms with Crippen LogP contribution in [-0.4, -0.2) is 84.1 Å². The second-order valence-electron chi connectivity index (χ2n) is 9.22. The zero-order chi connectivity index (χ0) is 24.3. The summed E-state index contributed by atoms with van der Waals surface area (Å²) in [5, 5.41) is 5.91. The molecular weight excluding hydrogens is 462 g/mol. The minimum absolute atomic E-state index is 0.319. The van der Waals surface area contributed by atoms with Crippen molar-refractivity contribution >= 4 is 21.5 Å². The number of hydrogen-bond acceptors (Lipinski definition) is 9. The van der Waals surface area contributed by atoms with Gasteiger partial charge in [-0.1, -0.05) is 12.1 Å². The Morgan fingerprint density at radius 3 is 2.57 bits per heavy atom. The lowest BCUT2D eigenvalue weighted by atomic mass is 10.1. The molecular formula is C25H31N7O2S. The van der Waals surface area contributed by atoms with Crippen molar-refractivity contribution in [3.63, 3.8) is 0 Å². The molecule has 5 aliphatic heterocycles. The van der Waals surface area contributed by atoms with E-state index < -0.39 is 15.2 Å². The molecule has 1 unspecified atom stereocenters. The summed E-state index contributed by atoms with van der Waals surface area (Å²) in [5.41, 5.74) is 4.51. The number of anilines is 2. The van der Waals surface area contributed by atoms with Crippen molar-refractivity contribution in [2.75, 3.05) is 50.8 Å². The fourth-order valence-electron chi connectivity index (χ4n) is 4.53. The molecule has 3 aromatic rings. The molecule has 35 heavy (non-hydrogen) atoms. The Labute approximate surface area is 206 Å². The SMILES string of the molecule is CS(=O)(=O)C1Cc2ccc(cn2)-c2ccnc(n2)Nc2cccc(c2)CN2CCN(CCN1)CC2. The molecule has 0 radical (unpaired) electrons. The lowest BCUT2D eigenvalue weighted by Gasteiger charge is -2.35. The Kier molecular flexibility index (Phi) is 7.05. The molecule has 0 spiro atoms. The molecule has 7 heterocycles. The standard InChI is InChI=1S/C25H31N7O2S/c1-35(33,34)24-16-21-6-5-20(17-28-21)23-7-8-27-25(30-23)29-22-4-2-3-19(15-22)18-32-13-11-31(12-14-32)10-9-26-24/h2-8,15,17,24,26H,9-14,16,18H2,1H3,(H,27,29,30). The van der Waals surface area contributed by atoms with E-state index in [1.807, 2.05) is 24.3 Å². The summed E-state index contributed by atoms with van der Waals surface area (Å²) in [6, 6.07) is 14.0. The van der Waals surface area contributed by atoms with Crippen LogP contribution < -0.4 is 10.6 Å². The van der Waals surface area contributed by atoms with Crippen LogP contribution in [0.5, 0.6) is 0 Å². The average molecular weight is 494 g/mol. The maximum absolute atomic E-state index is 12.4. The van der Waals surface area contributed by atoms with Crippen molar-refractivity contribution in [1.29, 1.82) is 0 Å². The minimum atomic E-state index is -3.28. The first-order chi connectivity index (χ1) is 16.9. The van der Waals surface area contributed by atoms with Crippen molar-refractivity contribution in [3.8, 4) is 11.3 Å². The second-order valence-corrected chi connectivity index (χ2v) is 11.5. The normalized spacial score (nSPS) is 23.3. The van der Waals surface area contributed by atoms with Gasteiger partial charge in [-0.05, 0) is 35.9 Å². The largest absolute Gasteiger partial charge is 0.324 e. The first-order valence-corrected chi connectivity index (χ1v) is 13.9. The van der Waals surface area contributed by atoms with Gasteiger partial charge < -0.3 is 5.32 Å². The highest BCUT2D eigenvalue weighted by atomic mass is 32.2. The van der Waals surface area contributed by atoms with E-state index in [0.29, 0.717) is 18.9 Å². The Morgan fingerprint density at radius 1 is 0.971 bits per heavy atom. The molecule has 184 valence electrons. The zero-order valence-corrected chi connectivity index (χ0v) is 20.7. The van der Waals surface area contributed by atoms with Gasteiger partial charge in [0.05, 0.1) is 5.69 Å². The summed E-state index contributed by atoms with van der Waals surface area (Å²) in [5.74, 6) is 0.518. The third-order valence-corrected chi connectivity index (χ3v) is 7.91. The Hall–Kier alpha value is -2.92. The maximum Gasteiger partial charge on any atom is 0.227 e. The van der Waals surface area contributed by atoms with Crippen LogP contribution in [0.2, 0.25) is 0 Å². The third-order valence-electron chi connectivity index (χ3n) is 6.54. The molecule has 0 aliphatic carbocycles. The van der Waals surface area contributed by atoms with E-state index >= 15 is 0 Å². The first-order valence-electron chi connectivity index (χ1n) is 11.9. The minimum Gasteiger partial charge on any atom is -0.324 e. The summed E-state index contributed by atoms with van der Waals surface area (Å²) >= 11 is 0. The van der Waals surface area contributed by atoms with Crippen LogP contribution in [0.3, 0.4) is 0 Å². The molecule has 5 aliphatic rings. The summed E-state index contributed by atoms with van der Waals surface area (Å²) in [4.78, 5) is 18.4. The number of sulfone groups is 1. The van der Waals surface area contributed by atoms with Gasteiger partial charge in [0.2, 0.25) is 5.95 Å². The van der Waals surface area contributed by atoms with E-state index in [9.17, 15) is 8.42 Å². The molecule has 2 N–H and O–H groups in total. The van der Waals surface area contributed by atoms with Gasteiger partial charge in [-0.2, -0.15) is 0 Å². The number of hydrogen-bond donors (Lipinski definition) is 2. The summed E-state index contributed by atoms with van der Waals surface area (Å²) in [6.07, 6.45) is 5.06. The number of piperazine rings is 1. The van der Waals surface area contributed by atoms with Crippen LogP contribution in [-0.2, 0) is 22.8 Å². The van der Waals surface area contributed by atoms with Gasteiger partial charge >= 0.3 is 0 Å². The van der Waals surface area contributed by atoms with E-state index in [2.05, 4.69) is 53.6 Å². The number of rotatable bonds is 1. The van der Waals surface area contributed by atoms with Gasteiger partial charge in [0, 0.05) is 87.8 Å². The predicted molar refractivity (Wildman–Crippen MR) is 137 cm³/mol. The lowest BCUT2D eigenvalue weighted by Crippen LogP contribution is -2.49. The van der Waals surface area contributed by atoms with Gasteiger partial charge in [0.25, 0.3) is 0 Å². The van der Waals surface area contributed by atoms with Crippen molar-refractivity contribution in [3.05, 3.63) is 66.1 Å². The number of pyridine rings is 1. The Morgan fingerprint density at radius 2 is 1.80 bits per heavy atom. The maximum atomic E-state index is 12.4. The predicted octanol–water partition coefficient (Wildman–Crippen LogP) is 1.92. The van der Waals surface area contributed by atoms with Crippen LogP contribution in [0, 0.1) is 0 Å². The van der Waals surface area contributed by atoms with Gasteiger partial charge in [-0.15, -0.1) is 0 Å². The summed E-state index contributed by atoms with van der Waals surface area (Å²) in [7, 11) is -3.28. The monoisotopic (exact) mass is 493 g/mol. The van der Waals surface area contributed by atoms with Crippen LogP contribution in [0.1, 0.15) is 11.3 Å². The summed E-state index contributed by atoms with van der Waals surface area (Å²) < 4.78 is 24.9. The smallest absolute Gasteiger partial charge is 0.227 e. The van der Waals surface area contributed by atoms with Gasteiger partial charge in [0.15, 0.2) is 9.84 Å². The molecule has 2 aromatic heterocycles. The average Bonchev–Trinajstić information content (AvgIpc) is 2.84. The van der Waals surface area contributed by atoms with Crippen LogP contribution in [0.25, 0.3) is 11.3 Å². The molecule has 8 bridgehead atoms. The molecule has 10 heteroatoms. The van der Waals surface area contributed by atoms with Crippen LogP contribution >= 0.6 is 0 Å². The third kappa shape index (κ3) is 6.21. The molecule has 1 atom stereocenters. The number of nitrogens with zero attached hydrogens (tertiary/aromatic N) is 5. The van der Waals surface area contributed by atoms with E-state index in [1.165, 1.54) is 11.8 Å². The molecule has 1 aromatic carbocycles. The number of aromatic nitrogens is 3. The Bertz CT molecular complexity index is 1260. The number of benzene rings is 1. The topological polar surface area (TPSA) is 103 Å². The first kappa shape index (κ1) is 23.8. The molecule has 0 amide bonds. The van der Waals surface area contributed by atoms with Crippen molar-refractivity contribution in [2.24, 2.45) is 0 Å². The lowest BCUT2D eigenvalue weighted by molar-refractivity contribution is 0.127. The highest BCUT2D eigenvalue weighted by Crippen LogP contribution is 2.21. The summed E-state index contributed by atoms with van der Waals surface area (Å²) in [6.45, 7) is 6.21. The molecule has 1 saturated heterocycles. The highest BCUT2D eigenvalue weighted by Gasteiger charge is 2.23. The molecule has 1 fully saturated rings. The van der Waals surface area contributed by atoms with Crippen molar-refractivity contribution < 1.29 is 8.42 Å².